The molecule has 0 radical (unpaired) electrons. The quantitative estimate of drug-likeness (QED) is 0.561. The van der Waals surface area contributed by atoms with Crippen molar-refractivity contribution in [2.45, 2.75) is 39.3 Å². The van der Waals surface area contributed by atoms with Gasteiger partial charge in [-0.25, -0.2) is 0 Å². The number of hydrogen-bond acceptors (Lipinski definition) is 4. The van der Waals surface area contributed by atoms with Crippen LogP contribution < -0.4 is 0 Å². The van der Waals surface area contributed by atoms with Gasteiger partial charge >= 0.3 is 7.12 Å². The Kier molecular flexibility index (Phi) is 5.42. The summed E-state index contributed by atoms with van der Waals surface area (Å²) in [5.41, 5.74) is 0. The van der Waals surface area contributed by atoms with Crippen LogP contribution in [0.2, 0.25) is 6.32 Å². The van der Waals surface area contributed by atoms with Crippen molar-refractivity contribution in [3.8, 4) is 0 Å². The van der Waals surface area contributed by atoms with E-state index in [0.29, 0.717) is 32.5 Å². The lowest BCUT2D eigenvalue weighted by molar-refractivity contribution is -0.152. The van der Waals surface area contributed by atoms with E-state index in [1.165, 1.54) is 0 Å². The first-order valence-corrected chi connectivity index (χ1v) is 7.62. The lowest BCUT2D eigenvalue weighted by Gasteiger charge is -2.34. The number of hydrogen-bond donors (Lipinski definition) is 0. The minimum absolute atomic E-state index is 0.144. The largest absolute Gasteiger partial charge is 0.462 e. The minimum Gasteiger partial charge on any atom is -0.396 e. The normalized spacial score (nSPS) is 27.3. The van der Waals surface area contributed by atoms with E-state index in [4.69, 9.17) is 9.31 Å². The van der Waals surface area contributed by atoms with Gasteiger partial charge in [0.25, 0.3) is 11.8 Å². The van der Waals surface area contributed by atoms with Crippen molar-refractivity contribution >= 4 is 18.9 Å². The molecule has 7 heteroatoms. The number of likely N-dealkylation sites (N-methyl/N-ethyl adjacent to an activating group) is 2. The average Bonchev–Trinajstić information content (AvgIpc) is 2.91. The molecule has 2 saturated heterocycles. The summed E-state index contributed by atoms with van der Waals surface area (Å²) in [6, 6.07) is 0. The Balaban J connectivity index is 2.20. The fourth-order valence-electron chi connectivity index (χ4n) is 2.69. The summed E-state index contributed by atoms with van der Waals surface area (Å²) >= 11 is 0. The van der Waals surface area contributed by atoms with E-state index in [9.17, 15) is 9.59 Å². The van der Waals surface area contributed by atoms with Gasteiger partial charge < -0.3 is 19.1 Å². The third-order valence-corrected chi connectivity index (χ3v) is 3.95. The van der Waals surface area contributed by atoms with Gasteiger partial charge in [0.15, 0.2) is 12.2 Å². The summed E-state index contributed by atoms with van der Waals surface area (Å²) < 4.78 is 11.4. The third-order valence-electron chi connectivity index (χ3n) is 3.95. The monoisotopic (exact) mass is 294 g/mol. The fraction of sp³-hybridized carbons (Fsp3) is 0.714. The molecule has 2 amide bonds. The highest BCUT2D eigenvalue weighted by Crippen LogP contribution is 2.24. The number of carbonyl (C=O) groups is 2. The number of carbonyl (C=O) groups excluding carboxylic acids is 2. The van der Waals surface area contributed by atoms with Gasteiger partial charge in [-0.3, -0.25) is 9.59 Å². The molecule has 2 aliphatic heterocycles. The van der Waals surface area contributed by atoms with E-state index in [0.717, 1.165) is 0 Å². The van der Waals surface area contributed by atoms with Crippen molar-refractivity contribution in [3.63, 3.8) is 0 Å². The first kappa shape index (κ1) is 16.0. The smallest absolute Gasteiger partial charge is 0.396 e. The molecule has 0 bridgehead atoms. The molecule has 2 rings (SSSR count). The molecule has 2 aliphatic rings. The van der Waals surface area contributed by atoms with E-state index >= 15 is 0 Å². The lowest BCUT2D eigenvalue weighted by atomic mass is 9.85. The first-order valence-electron chi connectivity index (χ1n) is 7.62. The maximum absolute atomic E-state index is 12.5. The van der Waals surface area contributed by atoms with Gasteiger partial charge in [0.1, 0.15) is 0 Å². The minimum atomic E-state index is -0.818. The topological polar surface area (TPSA) is 59.1 Å². The highest BCUT2D eigenvalue weighted by Gasteiger charge is 2.49. The van der Waals surface area contributed by atoms with Crippen LogP contribution in [0.1, 0.15) is 20.8 Å². The third kappa shape index (κ3) is 3.29. The number of fused-ring (bicyclic) bond motifs is 1. The van der Waals surface area contributed by atoms with E-state index in [1.807, 2.05) is 32.9 Å². The van der Waals surface area contributed by atoms with Crippen molar-refractivity contribution in [1.82, 2.24) is 9.80 Å². The summed E-state index contributed by atoms with van der Waals surface area (Å²) in [5, 5.41) is 0. The predicted molar refractivity (Wildman–Crippen MR) is 79.6 cm³/mol. The predicted octanol–water partition coefficient (Wildman–Crippen LogP) is 0.545. The molecule has 0 aromatic carbocycles. The Bertz CT molecular complexity index is 397. The number of amides is 2. The van der Waals surface area contributed by atoms with Crippen molar-refractivity contribution < 1.29 is 18.9 Å². The van der Waals surface area contributed by atoms with Gasteiger partial charge in [-0.2, -0.15) is 0 Å². The molecule has 0 aliphatic carbocycles. The number of allylic oxidation sites excluding steroid dienone is 2. The molecule has 0 unspecified atom stereocenters. The van der Waals surface area contributed by atoms with E-state index < -0.39 is 19.3 Å². The van der Waals surface area contributed by atoms with Crippen LogP contribution >= 0.6 is 0 Å². The average molecular weight is 294 g/mol. The van der Waals surface area contributed by atoms with E-state index in [-0.39, 0.29) is 11.8 Å². The molecule has 0 spiro atoms. The second kappa shape index (κ2) is 7.09. The molecule has 2 heterocycles. The Morgan fingerprint density at radius 2 is 1.57 bits per heavy atom. The second-order valence-corrected chi connectivity index (χ2v) is 5.18. The Labute approximate surface area is 126 Å². The summed E-state index contributed by atoms with van der Waals surface area (Å²) in [6.45, 7) is 8.07. The van der Waals surface area contributed by atoms with Crippen molar-refractivity contribution in [3.05, 3.63) is 12.2 Å². The zero-order chi connectivity index (χ0) is 15.4. The summed E-state index contributed by atoms with van der Waals surface area (Å²) in [7, 11) is -0.528. The molecule has 6 nitrogen and oxygen atoms in total. The van der Waals surface area contributed by atoms with Crippen LogP contribution in [-0.4, -0.2) is 67.1 Å². The van der Waals surface area contributed by atoms with E-state index in [2.05, 4.69) is 0 Å². The van der Waals surface area contributed by atoms with Crippen molar-refractivity contribution in [2.75, 3.05) is 26.2 Å². The molecule has 116 valence electrons. The number of nitrogens with zero attached hydrogens (tertiary/aromatic N) is 2. The molecule has 2 fully saturated rings. The molecule has 2 atom stereocenters. The SMILES string of the molecule is C/C=C\CB1O[C@H]2C(=O)N(CC)CCN(CC)C(=O)[C@@H]2O1. The van der Waals surface area contributed by atoms with Crippen molar-refractivity contribution in [2.24, 2.45) is 0 Å². The Hall–Kier alpha value is -1.34. The second-order valence-electron chi connectivity index (χ2n) is 5.18. The molecule has 0 N–H and O–H groups in total. The first-order chi connectivity index (χ1) is 10.1. The number of rotatable bonds is 4. The molecule has 0 aromatic heterocycles. The lowest BCUT2D eigenvalue weighted by Crippen LogP contribution is -2.55. The molecule has 21 heavy (non-hydrogen) atoms. The maximum Gasteiger partial charge on any atom is 0.462 e. The van der Waals surface area contributed by atoms with Gasteiger partial charge in [0, 0.05) is 32.5 Å². The highest BCUT2D eigenvalue weighted by molar-refractivity contribution is 6.46. The van der Waals surface area contributed by atoms with Gasteiger partial charge in [0.2, 0.25) is 0 Å². The fourth-order valence-corrected chi connectivity index (χ4v) is 2.69. The zero-order valence-corrected chi connectivity index (χ0v) is 12.9. The van der Waals surface area contributed by atoms with Gasteiger partial charge in [-0.15, -0.1) is 0 Å². The summed E-state index contributed by atoms with van der Waals surface area (Å²) in [5.74, 6) is -0.288. The van der Waals surface area contributed by atoms with Gasteiger partial charge in [-0.1, -0.05) is 12.2 Å². The van der Waals surface area contributed by atoms with E-state index in [1.54, 1.807) is 9.80 Å². The Morgan fingerprint density at radius 3 is 1.95 bits per heavy atom. The van der Waals surface area contributed by atoms with Crippen molar-refractivity contribution in [1.29, 1.82) is 0 Å². The van der Waals surface area contributed by atoms with Crippen LogP contribution in [0, 0.1) is 0 Å². The molecular formula is C14H23BN2O4. The van der Waals surface area contributed by atoms with Crippen LogP contribution in [0.3, 0.4) is 0 Å². The van der Waals surface area contributed by atoms with Gasteiger partial charge in [0.05, 0.1) is 0 Å². The zero-order valence-electron chi connectivity index (χ0n) is 12.9. The van der Waals surface area contributed by atoms with Crippen LogP contribution in [0.25, 0.3) is 0 Å². The summed E-state index contributed by atoms with van der Waals surface area (Å²) in [4.78, 5) is 28.5. The van der Waals surface area contributed by atoms with Crippen LogP contribution in [0.5, 0.6) is 0 Å². The Morgan fingerprint density at radius 1 is 1.10 bits per heavy atom. The summed E-state index contributed by atoms with van der Waals surface area (Å²) in [6.07, 6.45) is 2.72. The van der Waals surface area contributed by atoms with Crippen LogP contribution in [0.15, 0.2) is 12.2 Å². The molecular weight excluding hydrogens is 271 g/mol. The molecule has 0 aromatic rings. The van der Waals surface area contributed by atoms with Crippen LogP contribution in [-0.2, 0) is 18.9 Å². The maximum atomic E-state index is 12.5. The standard InChI is InChI=1S/C14H23BN2O4/c1-4-7-8-15-20-11-12(21-15)14(19)17(6-3)10-9-16(5-2)13(11)18/h4,7,11-12H,5-6,8-10H2,1-3H3/b7-4-/t11-,12-/m1/s1. The van der Waals surface area contributed by atoms with Crippen LogP contribution in [0.4, 0.5) is 0 Å². The van der Waals surface area contributed by atoms with Gasteiger partial charge in [-0.05, 0) is 20.8 Å². The molecule has 0 saturated carbocycles. The highest BCUT2D eigenvalue weighted by atomic mass is 16.7.